The van der Waals surface area contributed by atoms with Crippen molar-refractivity contribution < 1.29 is 19.5 Å². The maximum atomic E-state index is 11.7. The molecule has 1 rings (SSSR count). The molecule has 1 atom stereocenters. The minimum atomic E-state index is -1.24. The van der Waals surface area contributed by atoms with Gasteiger partial charge in [0.1, 0.15) is 12.6 Å². The van der Waals surface area contributed by atoms with Crippen LogP contribution in [0.25, 0.3) is 0 Å². The monoisotopic (exact) mass is 257 g/mol. The number of imide groups is 1. The molecule has 0 spiro atoms. The van der Waals surface area contributed by atoms with E-state index in [9.17, 15) is 14.4 Å². The van der Waals surface area contributed by atoms with Crippen LogP contribution in [0.5, 0.6) is 0 Å². The smallest absolute Gasteiger partial charge is 0.325 e. The molecule has 0 saturated carbocycles. The molecule has 1 fully saturated rings. The first-order valence-corrected chi connectivity index (χ1v) is 5.31. The van der Waals surface area contributed by atoms with E-state index < -0.39 is 30.5 Å². The average molecular weight is 257 g/mol. The third-order valence-corrected chi connectivity index (χ3v) is 2.35. The quantitative estimate of drug-likeness (QED) is 0.188. The van der Waals surface area contributed by atoms with Gasteiger partial charge in [-0.3, -0.25) is 19.5 Å². The first-order valence-electron chi connectivity index (χ1n) is 5.31. The van der Waals surface area contributed by atoms with Crippen molar-refractivity contribution >= 4 is 23.9 Å². The molecule has 6 N–H and O–H groups in total. The van der Waals surface area contributed by atoms with Gasteiger partial charge < -0.3 is 21.9 Å². The summed E-state index contributed by atoms with van der Waals surface area (Å²) >= 11 is 0. The number of hydrogen-bond acceptors (Lipinski definition) is 4. The highest BCUT2D eigenvalue weighted by Gasteiger charge is 2.38. The van der Waals surface area contributed by atoms with Crippen LogP contribution in [0.3, 0.4) is 0 Å². The minimum Gasteiger partial charge on any atom is -0.480 e. The van der Waals surface area contributed by atoms with Crippen molar-refractivity contribution in [3.05, 3.63) is 0 Å². The summed E-state index contributed by atoms with van der Waals surface area (Å²) in [5, 5.41) is 11.0. The molecule has 0 aromatic rings. The fourth-order valence-corrected chi connectivity index (χ4v) is 1.56. The van der Waals surface area contributed by atoms with E-state index in [1.165, 1.54) is 0 Å². The number of urea groups is 1. The van der Waals surface area contributed by atoms with Crippen LogP contribution in [-0.2, 0) is 9.59 Å². The Morgan fingerprint density at radius 3 is 2.67 bits per heavy atom. The molecule has 0 aromatic heterocycles. The van der Waals surface area contributed by atoms with Crippen LogP contribution in [0.2, 0.25) is 0 Å². The summed E-state index contributed by atoms with van der Waals surface area (Å²) in [5.41, 5.74) is 10.3. The summed E-state index contributed by atoms with van der Waals surface area (Å²) in [6.07, 6.45) is 0.868. The van der Waals surface area contributed by atoms with E-state index in [-0.39, 0.29) is 5.96 Å². The molecule has 1 saturated heterocycles. The number of nitrogens with two attached hydrogens (primary N) is 2. The zero-order valence-electron chi connectivity index (χ0n) is 9.63. The van der Waals surface area contributed by atoms with Crippen molar-refractivity contribution in [1.82, 2.24) is 10.2 Å². The molecular weight excluding hydrogens is 242 g/mol. The van der Waals surface area contributed by atoms with E-state index in [1.807, 2.05) is 0 Å². The molecule has 0 aliphatic carbocycles. The van der Waals surface area contributed by atoms with E-state index in [1.54, 1.807) is 0 Å². The second-order valence-corrected chi connectivity index (χ2v) is 3.77. The number of carboxylic acids is 1. The Morgan fingerprint density at radius 1 is 1.44 bits per heavy atom. The van der Waals surface area contributed by atoms with E-state index in [2.05, 4.69) is 10.3 Å². The maximum absolute atomic E-state index is 11.7. The highest BCUT2D eigenvalue weighted by Crippen LogP contribution is 2.10. The second-order valence-electron chi connectivity index (χ2n) is 3.77. The highest BCUT2D eigenvalue weighted by atomic mass is 16.4. The number of amides is 3. The lowest BCUT2D eigenvalue weighted by molar-refractivity contribution is -0.141. The average Bonchev–Trinajstić information content (AvgIpc) is 2.51. The lowest BCUT2D eigenvalue weighted by Crippen LogP contribution is -2.36. The Bertz CT molecular complexity index is 390. The molecule has 0 unspecified atom stereocenters. The van der Waals surface area contributed by atoms with Gasteiger partial charge in [0.2, 0.25) is 0 Å². The number of aliphatic imine (C=N–C) groups is 1. The maximum Gasteiger partial charge on any atom is 0.325 e. The summed E-state index contributed by atoms with van der Waals surface area (Å²) in [5.74, 6) is -1.81. The molecule has 1 aliphatic rings. The zero-order chi connectivity index (χ0) is 13.7. The Kier molecular flexibility index (Phi) is 4.46. The van der Waals surface area contributed by atoms with Gasteiger partial charge in [-0.05, 0) is 12.8 Å². The Balaban J connectivity index is 2.45. The molecule has 0 bridgehead atoms. The number of guanidine groups is 1. The number of carbonyl (C=O) groups is 3. The van der Waals surface area contributed by atoms with Crippen LogP contribution in [0.1, 0.15) is 12.8 Å². The topological polar surface area (TPSA) is 151 Å². The molecule has 0 aromatic carbocycles. The largest absolute Gasteiger partial charge is 0.480 e. The fraction of sp³-hybridized carbons (Fsp3) is 0.556. The van der Waals surface area contributed by atoms with Crippen LogP contribution < -0.4 is 16.8 Å². The van der Waals surface area contributed by atoms with Gasteiger partial charge >= 0.3 is 12.0 Å². The van der Waals surface area contributed by atoms with E-state index >= 15 is 0 Å². The van der Waals surface area contributed by atoms with Crippen molar-refractivity contribution in [1.29, 1.82) is 0 Å². The third-order valence-electron chi connectivity index (χ3n) is 2.35. The predicted molar refractivity (Wildman–Crippen MR) is 61.6 cm³/mol. The van der Waals surface area contributed by atoms with Crippen molar-refractivity contribution in [2.24, 2.45) is 16.5 Å². The van der Waals surface area contributed by atoms with Crippen molar-refractivity contribution in [2.45, 2.75) is 18.9 Å². The number of carboxylic acid groups (broad SMARTS) is 1. The molecule has 9 heteroatoms. The molecule has 18 heavy (non-hydrogen) atoms. The molecule has 100 valence electrons. The Labute approximate surface area is 103 Å². The summed E-state index contributed by atoms with van der Waals surface area (Å²) < 4.78 is 0. The lowest BCUT2D eigenvalue weighted by Gasteiger charge is -2.09. The SMILES string of the molecule is NC(N)=NCCC[C@@H]1NC(=O)N(CC(=O)O)C1=O. The number of hydrogen-bond donors (Lipinski definition) is 4. The third kappa shape index (κ3) is 3.61. The van der Waals surface area contributed by atoms with E-state index in [0.29, 0.717) is 24.3 Å². The lowest BCUT2D eigenvalue weighted by atomic mass is 10.1. The molecule has 1 aliphatic heterocycles. The second kappa shape index (κ2) is 5.84. The number of rotatable bonds is 6. The van der Waals surface area contributed by atoms with Gasteiger partial charge in [0.25, 0.3) is 5.91 Å². The van der Waals surface area contributed by atoms with Crippen LogP contribution >= 0.6 is 0 Å². The van der Waals surface area contributed by atoms with Crippen LogP contribution in [0.4, 0.5) is 4.79 Å². The first-order chi connectivity index (χ1) is 8.41. The predicted octanol–water partition coefficient (Wildman–Crippen LogP) is -1.95. The van der Waals surface area contributed by atoms with Crippen molar-refractivity contribution in [2.75, 3.05) is 13.1 Å². The van der Waals surface area contributed by atoms with Crippen LogP contribution in [-0.4, -0.2) is 53.0 Å². The summed E-state index contributed by atoms with van der Waals surface area (Å²) in [4.78, 5) is 37.9. The number of nitrogens with zero attached hydrogens (tertiary/aromatic N) is 2. The Hall–Kier alpha value is -2.32. The highest BCUT2D eigenvalue weighted by molar-refractivity contribution is 6.05. The van der Waals surface area contributed by atoms with Gasteiger partial charge in [-0.25, -0.2) is 4.79 Å². The standard InChI is InChI=1S/C9H15N5O4/c10-8(11)12-3-1-2-5-7(17)14(4-6(15)16)9(18)13-5/h5H,1-4H2,(H,13,18)(H,15,16)(H4,10,11,12)/t5-/m0/s1. The number of aliphatic carboxylic acids is 1. The normalized spacial score (nSPS) is 18.7. The first kappa shape index (κ1) is 13.7. The molecule has 3 amide bonds. The van der Waals surface area contributed by atoms with Crippen LogP contribution in [0.15, 0.2) is 4.99 Å². The van der Waals surface area contributed by atoms with E-state index in [4.69, 9.17) is 16.6 Å². The molecule has 0 radical (unpaired) electrons. The minimum absolute atomic E-state index is 0.0377. The van der Waals surface area contributed by atoms with Gasteiger partial charge in [0.15, 0.2) is 5.96 Å². The molecule has 9 nitrogen and oxygen atoms in total. The number of carbonyl (C=O) groups excluding carboxylic acids is 2. The van der Waals surface area contributed by atoms with Gasteiger partial charge in [-0.2, -0.15) is 0 Å². The van der Waals surface area contributed by atoms with Gasteiger partial charge in [0.05, 0.1) is 0 Å². The molecule has 1 heterocycles. The summed E-state index contributed by atoms with van der Waals surface area (Å²) in [6, 6.07) is -1.39. The van der Waals surface area contributed by atoms with Gasteiger partial charge in [0, 0.05) is 6.54 Å². The number of nitrogens with one attached hydrogen (secondary N) is 1. The summed E-state index contributed by atoms with van der Waals surface area (Å²) in [6.45, 7) is -0.282. The molecular formula is C9H15N5O4. The zero-order valence-corrected chi connectivity index (χ0v) is 9.63. The summed E-state index contributed by atoms with van der Waals surface area (Å²) in [7, 11) is 0. The van der Waals surface area contributed by atoms with E-state index in [0.717, 1.165) is 0 Å². The fourth-order valence-electron chi connectivity index (χ4n) is 1.56. The van der Waals surface area contributed by atoms with Gasteiger partial charge in [-0.15, -0.1) is 0 Å². The van der Waals surface area contributed by atoms with Gasteiger partial charge in [-0.1, -0.05) is 0 Å². The van der Waals surface area contributed by atoms with Crippen LogP contribution in [0, 0.1) is 0 Å². The van der Waals surface area contributed by atoms with Crippen molar-refractivity contribution in [3.63, 3.8) is 0 Å². The van der Waals surface area contributed by atoms with Crippen molar-refractivity contribution in [3.8, 4) is 0 Å². The Morgan fingerprint density at radius 2 is 2.11 bits per heavy atom.